The third-order valence-electron chi connectivity index (χ3n) is 4.31. The Morgan fingerprint density at radius 2 is 2.00 bits per heavy atom. The van der Waals surface area contributed by atoms with Gasteiger partial charge >= 0.3 is 0 Å². The first-order valence-corrected chi connectivity index (χ1v) is 9.03. The van der Waals surface area contributed by atoms with Gasteiger partial charge in [0.05, 0.1) is 16.0 Å². The molecule has 0 aliphatic heterocycles. The molecular weight excluding hydrogens is 350 g/mol. The molecule has 0 radical (unpaired) electrons. The number of nitrogens with zero attached hydrogens (tertiary/aromatic N) is 7. The fourth-order valence-corrected chi connectivity index (χ4v) is 4.19. The van der Waals surface area contributed by atoms with Gasteiger partial charge in [0.2, 0.25) is 0 Å². The molecule has 0 spiro atoms. The van der Waals surface area contributed by atoms with Crippen molar-refractivity contribution in [3.8, 4) is 0 Å². The van der Waals surface area contributed by atoms with Crippen molar-refractivity contribution in [2.75, 3.05) is 14.1 Å². The minimum absolute atomic E-state index is 0.0222. The highest BCUT2D eigenvalue weighted by atomic mass is 32.1. The zero-order chi connectivity index (χ0) is 18.6. The van der Waals surface area contributed by atoms with Crippen LogP contribution in [0.2, 0.25) is 0 Å². The van der Waals surface area contributed by atoms with Crippen LogP contribution >= 0.6 is 11.3 Å². The monoisotopic (exact) mass is 369 g/mol. The van der Waals surface area contributed by atoms with Crippen LogP contribution in [-0.2, 0) is 6.54 Å². The number of carbonyl (C=O) groups excluding carboxylic acids is 1. The lowest BCUT2D eigenvalue weighted by atomic mass is 10.2. The summed E-state index contributed by atoms with van der Waals surface area (Å²) < 4.78 is 3.56. The number of amides is 1. The summed E-state index contributed by atoms with van der Waals surface area (Å²) in [6.07, 6.45) is 1.65. The van der Waals surface area contributed by atoms with Crippen molar-refractivity contribution in [2.45, 2.75) is 27.3 Å². The fraction of sp³-hybridized carbons (Fsp3) is 0.353. The molecular formula is C17H19N7OS. The summed E-state index contributed by atoms with van der Waals surface area (Å²) in [5, 5.41) is 9.88. The van der Waals surface area contributed by atoms with E-state index >= 15 is 0 Å². The summed E-state index contributed by atoms with van der Waals surface area (Å²) in [4.78, 5) is 24.6. The predicted octanol–water partition coefficient (Wildman–Crippen LogP) is 2.21. The first-order valence-electron chi connectivity index (χ1n) is 8.21. The second-order valence-electron chi connectivity index (χ2n) is 6.56. The van der Waals surface area contributed by atoms with Crippen molar-refractivity contribution >= 4 is 33.1 Å². The number of carbonyl (C=O) groups is 1. The molecule has 1 amide bonds. The minimum atomic E-state index is -0.0222. The molecule has 0 N–H and O–H groups in total. The molecule has 4 aromatic heterocycles. The average Bonchev–Trinajstić information content (AvgIpc) is 3.22. The van der Waals surface area contributed by atoms with Gasteiger partial charge in [-0.1, -0.05) is 0 Å². The van der Waals surface area contributed by atoms with Crippen molar-refractivity contribution in [2.24, 2.45) is 0 Å². The largest absolute Gasteiger partial charge is 0.344 e. The molecule has 8 nitrogen and oxygen atoms in total. The van der Waals surface area contributed by atoms with Crippen LogP contribution in [0, 0.1) is 20.8 Å². The van der Waals surface area contributed by atoms with Crippen LogP contribution in [0.25, 0.3) is 15.9 Å². The molecule has 0 aliphatic carbocycles. The first-order chi connectivity index (χ1) is 12.3. The standard InChI is InChI=1S/C17H19N7OS/c1-9-6-10(2)23(20-9)7-12-19-15-13-11(3)14(17(25)22(4)5)26-16(13)18-8-24(15)21-12/h6,8H,7H2,1-5H3. The van der Waals surface area contributed by atoms with Gasteiger partial charge in [0.15, 0.2) is 11.5 Å². The predicted molar refractivity (Wildman–Crippen MR) is 99.7 cm³/mol. The normalized spacial score (nSPS) is 11.6. The Kier molecular flexibility index (Phi) is 3.76. The highest BCUT2D eigenvalue weighted by Crippen LogP contribution is 2.32. The van der Waals surface area contributed by atoms with Crippen molar-refractivity contribution < 1.29 is 4.79 Å². The molecule has 4 rings (SSSR count). The molecule has 0 saturated carbocycles. The minimum Gasteiger partial charge on any atom is -0.344 e. The second-order valence-corrected chi connectivity index (χ2v) is 7.56. The maximum atomic E-state index is 12.4. The Hall–Kier alpha value is -2.81. The lowest BCUT2D eigenvalue weighted by Gasteiger charge is -2.08. The molecule has 0 unspecified atom stereocenters. The topological polar surface area (TPSA) is 81.2 Å². The van der Waals surface area contributed by atoms with Crippen LogP contribution in [0.15, 0.2) is 12.4 Å². The van der Waals surface area contributed by atoms with E-state index in [2.05, 4.69) is 15.2 Å². The van der Waals surface area contributed by atoms with Crippen molar-refractivity contribution in [3.63, 3.8) is 0 Å². The van der Waals surface area contributed by atoms with Crippen LogP contribution in [0.4, 0.5) is 0 Å². The van der Waals surface area contributed by atoms with Crippen LogP contribution < -0.4 is 0 Å². The van der Waals surface area contributed by atoms with E-state index in [0.29, 0.717) is 17.2 Å². The van der Waals surface area contributed by atoms with E-state index in [1.54, 1.807) is 29.8 Å². The molecule has 0 aliphatic rings. The summed E-state index contributed by atoms with van der Waals surface area (Å²) >= 11 is 1.39. The average molecular weight is 369 g/mol. The lowest BCUT2D eigenvalue weighted by molar-refractivity contribution is 0.0831. The zero-order valence-electron chi connectivity index (χ0n) is 15.3. The number of aryl methyl sites for hydroxylation is 3. The van der Waals surface area contributed by atoms with Gasteiger partial charge in [-0.3, -0.25) is 9.48 Å². The molecule has 26 heavy (non-hydrogen) atoms. The SMILES string of the molecule is Cc1cc(C)n(Cc2nc3c4c(C)c(C(=O)N(C)C)sc4ncn3n2)n1. The van der Waals surface area contributed by atoms with Crippen LogP contribution in [0.5, 0.6) is 0 Å². The van der Waals surface area contributed by atoms with Crippen molar-refractivity contribution in [1.29, 1.82) is 0 Å². The van der Waals surface area contributed by atoms with Crippen LogP contribution in [0.3, 0.4) is 0 Å². The van der Waals surface area contributed by atoms with Crippen LogP contribution in [0.1, 0.15) is 32.4 Å². The Labute approximate surface area is 154 Å². The Morgan fingerprint density at radius 3 is 2.65 bits per heavy atom. The van der Waals surface area contributed by atoms with E-state index < -0.39 is 0 Å². The number of fused-ring (bicyclic) bond motifs is 3. The van der Waals surface area contributed by atoms with Gasteiger partial charge in [-0.2, -0.15) is 5.10 Å². The number of thiophene rings is 1. The number of rotatable bonds is 3. The molecule has 9 heteroatoms. The van der Waals surface area contributed by atoms with Gasteiger partial charge < -0.3 is 4.90 Å². The maximum Gasteiger partial charge on any atom is 0.263 e. The molecule has 0 bridgehead atoms. The van der Waals surface area contributed by atoms with E-state index in [-0.39, 0.29) is 5.91 Å². The molecule has 0 aromatic carbocycles. The van der Waals surface area contributed by atoms with E-state index in [4.69, 9.17) is 4.98 Å². The van der Waals surface area contributed by atoms with Gasteiger partial charge in [-0.25, -0.2) is 14.5 Å². The molecule has 4 heterocycles. The van der Waals surface area contributed by atoms with Gasteiger partial charge in [-0.05, 0) is 32.4 Å². The third-order valence-corrected chi connectivity index (χ3v) is 5.49. The maximum absolute atomic E-state index is 12.4. The molecule has 0 atom stereocenters. The van der Waals surface area contributed by atoms with Crippen molar-refractivity contribution in [3.05, 3.63) is 40.0 Å². The zero-order valence-corrected chi connectivity index (χ0v) is 16.1. The molecule has 0 fully saturated rings. The Balaban J connectivity index is 1.84. The number of hydrogen-bond donors (Lipinski definition) is 0. The van der Waals surface area contributed by atoms with Gasteiger partial charge in [0.25, 0.3) is 5.91 Å². The second kappa shape index (κ2) is 5.87. The summed E-state index contributed by atoms with van der Waals surface area (Å²) in [5.74, 6) is 0.641. The van der Waals surface area contributed by atoms with Crippen LogP contribution in [-0.4, -0.2) is 54.3 Å². The third kappa shape index (κ3) is 2.55. The highest BCUT2D eigenvalue weighted by molar-refractivity contribution is 7.20. The van der Waals surface area contributed by atoms with E-state index in [1.807, 2.05) is 31.5 Å². The fourth-order valence-electron chi connectivity index (χ4n) is 3.02. The summed E-state index contributed by atoms with van der Waals surface area (Å²) in [5.41, 5.74) is 3.65. The smallest absolute Gasteiger partial charge is 0.263 e. The number of aromatic nitrogens is 6. The first kappa shape index (κ1) is 16.6. The number of hydrogen-bond acceptors (Lipinski definition) is 6. The van der Waals surface area contributed by atoms with Gasteiger partial charge in [0.1, 0.15) is 17.7 Å². The molecule has 4 aromatic rings. The summed E-state index contributed by atoms with van der Waals surface area (Å²) in [7, 11) is 3.50. The van der Waals surface area contributed by atoms with E-state index in [0.717, 1.165) is 32.8 Å². The van der Waals surface area contributed by atoms with E-state index in [9.17, 15) is 4.79 Å². The van der Waals surface area contributed by atoms with E-state index in [1.165, 1.54) is 11.3 Å². The quantitative estimate of drug-likeness (QED) is 0.553. The highest BCUT2D eigenvalue weighted by Gasteiger charge is 2.21. The Bertz CT molecular complexity index is 1150. The summed E-state index contributed by atoms with van der Waals surface area (Å²) in [6, 6.07) is 2.03. The lowest BCUT2D eigenvalue weighted by Crippen LogP contribution is -2.21. The van der Waals surface area contributed by atoms with Crippen molar-refractivity contribution in [1.82, 2.24) is 34.3 Å². The molecule has 0 saturated heterocycles. The summed E-state index contributed by atoms with van der Waals surface area (Å²) in [6.45, 7) is 6.41. The molecule has 134 valence electrons. The Morgan fingerprint density at radius 1 is 1.23 bits per heavy atom. The van der Waals surface area contributed by atoms with Gasteiger partial charge in [-0.15, -0.1) is 16.4 Å². The van der Waals surface area contributed by atoms with Gasteiger partial charge in [0, 0.05) is 19.8 Å².